The molecule has 0 saturated carbocycles. The number of carbonyl (C=O) groups excluding carboxylic acids is 1. The third-order valence-electron chi connectivity index (χ3n) is 6.28. The van der Waals surface area contributed by atoms with Crippen molar-refractivity contribution in [1.29, 1.82) is 0 Å². The molecule has 1 atom stereocenters. The molecule has 1 aromatic heterocycles. The Hall–Kier alpha value is -2.60. The van der Waals surface area contributed by atoms with E-state index in [1.807, 2.05) is 19.3 Å². The van der Waals surface area contributed by atoms with Crippen LogP contribution < -0.4 is 0 Å². The molecule has 0 unspecified atom stereocenters. The van der Waals surface area contributed by atoms with Gasteiger partial charge in [0.25, 0.3) is 0 Å². The zero-order chi connectivity index (χ0) is 19.3. The van der Waals surface area contributed by atoms with Crippen LogP contribution in [0.2, 0.25) is 0 Å². The zero-order valence-electron chi connectivity index (χ0n) is 16.5. The van der Waals surface area contributed by atoms with E-state index in [4.69, 9.17) is 4.99 Å². The number of nitrogens with zero attached hydrogens (tertiary/aromatic N) is 5. The maximum absolute atomic E-state index is 12.8. The molecule has 5 rings (SSSR count). The minimum absolute atomic E-state index is 0.265. The van der Waals surface area contributed by atoms with E-state index in [0.29, 0.717) is 25.6 Å². The van der Waals surface area contributed by atoms with Crippen molar-refractivity contribution in [3.05, 3.63) is 58.2 Å². The third-order valence-corrected chi connectivity index (χ3v) is 6.28. The predicted octanol–water partition coefficient (Wildman–Crippen LogP) is 2.11. The second-order valence-corrected chi connectivity index (χ2v) is 8.00. The Morgan fingerprint density at radius 2 is 1.96 bits per heavy atom. The molecule has 6 nitrogen and oxygen atoms in total. The fourth-order valence-corrected chi connectivity index (χ4v) is 4.64. The standard InChI is InChI=1S/C22H25N5O/c1-3-26-5-4-19(13-26)27-12-17-7-20-16(6-15(17)8-21(27)28)9-25-22(20)18-10-23-14(2)24-11-18/h6-7,10-11,19H,3-5,8-9,12-13H2,1-2H3/t19-/m1/s1. The SMILES string of the molecule is CCN1CC[C@@H](N2Cc3cc4c(cc3CC2=O)CN=C4c2cnc(C)nc2)C1. The number of aromatic nitrogens is 2. The molecule has 1 saturated heterocycles. The van der Waals surface area contributed by atoms with E-state index in [-0.39, 0.29) is 5.91 Å². The molecule has 28 heavy (non-hydrogen) atoms. The summed E-state index contributed by atoms with van der Waals surface area (Å²) < 4.78 is 0. The molecule has 144 valence electrons. The molecule has 3 aliphatic heterocycles. The average Bonchev–Trinajstić information content (AvgIpc) is 3.33. The van der Waals surface area contributed by atoms with Crippen molar-refractivity contribution in [2.45, 2.75) is 45.8 Å². The Morgan fingerprint density at radius 3 is 2.71 bits per heavy atom. The van der Waals surface area contributed by atoms with Crippen LogP contribution in [0.15, 0.2) is 29.5 Å². The van der Waals surface area contributed by atoms with Crippen molar-refractivity contribution in [1.82, 2.24) is 19.8 Å². The second kappa shape index (κ2) is 6.78. The number of rotatable bonds is 3. The van der Waals surface area contributed by atoms with Crippen LogP contribution in [0.25, 0.3) is 0 Å². The van der Waals surface area contributed by atoms with Crippen LogP contribution in [-0.4, -0.2) is 57.1 Å². The number of likely N-dealkylation sites (tertiary alicyclic amines) is 1. The first-order valence-electron chi connectivity index (χ1n) is 10.1. The van der Waals surface area contributed by atoms with Crippen molar-refractivity contribution in [2.75, 3.05) is 19.6 Å². The van der Waals surface area contributed by atoms with E-state index in [1.54, 1.807) is 0 Å². The molecule has 0 radical (unpaired) electrons. The van der Waals surface area contributed by atoms with Crippen LogP contribution in [0, 0.1) is 6.92 Å². The molecular formula is C22H25N5O. The van der Waals surface area contributed by atoms with E-state index in [2.05, 4.69) is 38.8 Å². The Bertz CT molecular complexity index is 966. The number of amides is 1. The summed E-state index contributed by atoms with van der Waals surface area (Å²) in [5, 5.41) is 0. The van der Waals surface area contributed by atoms with Crippen LogP contribution in [0.1, 0.15) is 47.0 Å². The number of carbonyl (C=O) groups is 1. The summed E-state index contributed by atoms with van der Waals surface area (Å²) in [5.74, 6) is 1.03. The average molecular weight is 375 g/mol. The van der Waals surface area contributed by atoms with Crippen LogP contribution in [0.3, 0.4) is 0 Å². The lowest BCUT2D eigenvalue weighted by Crippen LogP contribution is -2.44. The Morgan fingerprint density at radius 1 is 1.14 bits per heavy atom. The van der Waals surface area contributed by atoms with E-state index in [0.717, 1.165) is 43.2 Å². The van der Waals surface area contributed by atoms with E-state index < -0.39 is 0 Å². The van der Waals surface area contributed by atoms with Gasteiger partial charge in [0.05, 0.1) is 18.7 Å². The summed E-state index contributed by atoms with van der Waals surface area (Å²) in [6.45, 7) is 8.59. The maximum atomic E-state index is 12.8. The largest absolute Gasteiger partial charge is 0.334 e. The quantitative estimate of drug-likeness (QED) is 0.824. The van der Waals surface area contributed by atoms with Gasteiger partial charge in [-0.1, -0.05) is 13.0 Å². The van der Waals surface area contributed by atoms with Crippen molar-refractivity contribution < 1.29 is 4.79 Å². The van der Waals surface area contributed by atoms with Crippen molar-refractivity contribution in [3.63, 3.8) is 0 Å². The molecule has 0 aliphatic carbocycles. The van der Waals surface area contributed by atoms with Gasteiger partial charge in [0.15, 0.2) is 0 Å². The smallest absolute Gasteiger partial charge is 0.227 e. The lowest BCUT2D eigenvalue weighted by atomic mass is 9.91. The summed E-state index contributed by atoms with van der Waals surface area (Å²) in [4.78, 5) is 30.7. The molecule has 3 aliphatic rings. The zero-order valence-corrected chi connectivity index (χ0v) is 16.5. The highest BCUT2D eigenvalue weighted by molar-refractivity contribution is 6.15. The van der Waals surface area contributed by atoms with Gasteiger partial charge in [-0.2, -0.15) is 0 Å². The lowest BCUT2D eigenvalue weighted by Gasteiger charge is -2.34. The number of fused-ring (bicyclic) bond motifs is 2. The first-order chi connectivity index (χ1) is 13.6. The summed E-state index contributed by atoms with van der Waals surface area (Å²) in [6, 6.07) is 4.79. The Kier molecular flexibility index (Phi) is 4.23. The van der Waals surface area contributed by atoms with E-state index >= 15 is 0 Å². The van der Waals surface area contributed by atoms with Crippen molar-refractivity contribution in [2.24, 2.45) is 4.99 Å². The van der Waals surface area contributed by atoms with E-state index in [9.17, 15) is 4.79 Å². The van der Waals surface area contributed by atoms with Crippen LogP contribution >= 0.6 is 0 Å². The minimum atomic E-state index is 0.265. The monoisotopic (exact) mass is 375 g/mol. The number of hydrogen-bond acceptors (Lipinski definition) is 5. The topological polar surface area (TPSA) is 61.7 Å². The molecule has 6 heteroatoms. The highest BCUT2D eigenvalue weighted by atomic mass is 16.2. The molecule has 0 N–H and O–H groups in total. The first-order valence-corrected chi connectivity index (χ1v) is 10.1. The van der Waals surface area contributed by atoms with Crippen LogP contribution in [-0.2, 0) is 24.3 Å². The number of likely N-dealkylation sites (N-methyl/N-ethyl adjacent to an activating group) is 1. The molecule has 1 fully saturated rings. The maximum Gasteiger partial charge on any atom is 0.227 e. The minimum Gasteiger partial charge on any atom is -0.334 e. The van der Waals surface area contributed by atoms with Gasteiger partial charge in [0, 0.05) is 49.2 Å². The fourth-order valence-electron chi connectivity index (χ4n) is 4.64. The van der Waals surface area contributed by atoms with Gasteiger partial charge in [-0.3, -0.25) is 9.79 Å². The van der Waals surface area contributed by atoms with Crippen molar-refractivity contribution in [3.8, 4) is 0 Å². The number of hydrogen-bond donors (Lipinski definition) is 0. The molecular weight excluding hydrogens is 350 g/mol. The van der Waals surface area contributed by atoms with Gasteiger partial charge in [-0.05, 0) is 42.6 Å². The predicted molar refractivity (Wildman–Crippen MR) is 107 cm³/mol. The van der Waals surface area contributed by atoms with Crippen molar-refractivity contribution >= 4 is 11.6 Å². The molecule has 2 aromatic rings. The molecule has 1 aromatic carbocycles. The first kappa shape index (κ1) is 17.5. The number of benzene rings is 1. The molecule has 0 bridgehead atoms. The summed E-state index contributed by atoms with van der Waals surface area (Å²) >= 11 is 0. The number of aryl methyl sites for hydroxylation is 1. The second-order valence-electron chi connectivity index (χ2n) is 8.00. The van der Waals surface area contributed by atoms with Gasteiger partial charge >= 0.3 is 0 Å². The molecule has 4 heterocycles. The van der Waals surface area contributed by atoms with Crippen LogP contribution in [0.5, 0.6) is 0 Å². The Balaban J connectivity index is 1.44. The van der Waals surface area contributed by atoms with Gasteiger partial charge in [-0.25, -0.2) is 9.97 Å². The lowest BCUT2D eigenvalue weighted by molar-refractivity contribution is -0.134. The summed E-state index contributed by atoms with van der Waals surface area (Å²) in [7, 11) is 0. The van der Waals surface area contributed by atoms with Gasteiger partial charge in [-0.15, -0.1) is 0 Å². The summed E-state index contributed by atoms with van der Waals surface area (Å²) in [5.41, 5.74) is 6.73. The highest BCUT2D eigenvalue weighted by Crippen LogP contribution is 2.31. The third kappa shape index (κ3) is 2.92. The van der Waals surface area contributed by atoms with Gasteiger partial charge < -0.3 is 9.80 Å². The van der Waals surface area contributed by atoms with E-state index in [1.165, 1.54) is 22.3 Å². The molecule has 0 spiro atoms. The van der Waals surface area contributed by atoms with Crippen LogP contribution in [0.4, 0.5) is 0 Å². The number of aliphatic imine (C=N–C) groups is 1. The summed E-state index contributed by atoms with van der Waals surface area (Å²) in [6.07, 6.45) is 5.29. The van der Waals surface area contributed by atoms with Gasteiger partial charge in [0.1, 0.15) is 5.82 Å². The normalized spacial score (nSPS) is 21.6. The van der Waals surface area contributed by atoms with Gasteiger partial charge in [0.2, 0.25) is 5.91 Å². The fraction of sp³-hybridized carbons (Fsp3) is 0.455. The highest BCUT2D eigenvalue weighted by Gasteiger charge is 2.34. The molecule has 1 amide bonds. The Labute approximate surface area is 165 Å².